The summed E-state index contributed by atoms with van der Waals surface area (Å²) >= 11 is 0. The molecule has 0 spiro atoms. The molecule has 3 rings (SSSR count). The molecule has 0 unspecified atom stereocenters. The Labute approximate surface area is 246 Å². The van der Waals surface area contributed by atoms with Crippen LogP contribution in [0.1, 0.15) is 97.8 Å². The first-order valence-electron chi connectivity index (χ1n) is 15.2. The molecule has 1 N–H and O–H groups in total. The zero-order chi connectivity index (χ0) is 31.3. The summed E-state index contributed by atoms with van der Waals surface area (Å²) in [6.07, 6.45) is 17.1. The van der Waals surface area contributed by atoms with Crippen molar-refractivity contribution < 1.29 is 48.5 Å². The summed E-state index contributed by atoms with van der Waals surface area (Å²) in [7, 11) is -2.87. The van der Waals surface area contributed by atoms with Crippen LogP contribution in [0.15, 0.2) is 0 Å². The molecule has 0 aromatic heterocycles. The van der Waals surface area contributed by atoms with Gasteiger partial charge in [-0.1, -0.05) is 40.0 Å². The minimum Gasteiger partial charge on any atom is -0.759 e. The monoisotopic (exact) mass is 619 g/mol. The van der Waals surface area contributed by atoms with Crippen LogP contribution < -0.4 is 0 Å². The predicted molar refractivity (Wildman–Crippen MR) is 158 cm³/mol. The van der Waals surface area contributed by atoms with Gasteiger partial charge in [0, 0.05) is 48.9 Å². The molecule has 0 aromatic rings. The third kappa shape index (κ3) is 29.1. The molecule has 0 atom stereocenters. The Morgan fingerprint density at radius 3 is 0.800 bits per heavy atom. The van der Waals surface area contributed by atoms with E-state index >= 15 is 0 Å². The van der Waals surface area contributed by atoms with Gasteiger partial charge in [0.1, 0.15) is 0 Å². The van der Waals surface area contributed by atoms with E-state index in [0.29, 0.717) is 0 Å². The molecule has 3 saturated heterocycles. The highest BCUT2D eigenvalue weighted by Gasteiger charge is 2.26. The molecule has 13 heteroatoms. The first kappa shape index (κ1) is 41.8. The number of hydrogen-bond donors (Lipinski definition) is 1. The second-order valence-corrected chi connectivity index (χ2v) is 14.1. The molecule has 0 aromatic carbocycles. The van der Waals surface area contributed by atoms with Gasteiger partial charge in [-0.25, -0.2) is 8.42 Å². The Kier molecular flexibility index (Phi) is 22.3. The van der Waals surface area contributed by atoms with E-state index in [1.165, 1.54) is 149 Å². The van der Waals surface area contributed by atoms with Gasteiger partial charge in [-0.05, 0) is 19.3 Å². The zero-order valence-electron chi connectivity index (χ0n) is 26.3. The fourth-order valence-electron chi connectivity index (χ4n) is 5.59. The van der Waals surface area contributed by atoms with E-state index in [-0.39, 0.29) is 0 Å². The maximum atomic E-state index is 8.63. The van der Waals surface area contributed by atoms with Crippen molar-refractivity contribution >= 4 is 20.8 Å². The number of hydrogen-bond acceptors (Lipinski definition) is 7. The van der Waals surface area contributed by atoms with E-state index in [1.54, 1.807) is 0 Å². The van der Waals surface area contributed by atoms with Crippen LogP contribution in [0.3, 0.4) is 0 Å². The molecule has 3 fully saturated rings. The van der Waals surface area contributed by atoms with Crippen molar-refractivity contribution in [2.75, 3.05) is 80.0 Å². The molecule has 0 amide bonds. The van der Waals surface area contributed by atoms with Gasteiger partial charge < -0.3 is 27.1 Å². The van der Waals surface area contributed by atoms with Crippen molar-refractivity contribution in [2.45, 2.75) is 97.8 Å². The summed E-state index contributed by atoms with van der Waals surface area (Å²) in [5, 5.41) is 0. The maximum absolute atomic E-state index is 8.63. The summed E-state index contributed by atoms with van der Waals surface area (Å²) in [4.78, 5) is 0. The molecule has 3 aliphatic heterocycles. The first-order chi connectivity index (χ1) is 18.3. The first-order valence-corrected chi connectivity index (χ1v) is 17.9. The molecule has 0 aliphatic carbocycles. The van der Waals surface area contributed by atoms with E-state index in [2.05, 4.69) is 41.9 Å². The average Bonchev–Trinajstić information content (AvgIpc) is 3.57. The molecule has 3 heterocycles. The molecular formula is C27H61N3O8S2. The Hall–Kier alpha value is -0.380. The standard InChI is InChI=1S/3C9H20N.2H2O4S/c3*1-3-4-7-10(2)8-5-6-9-10;2*1-5(2,3)4/h3*3-9H2,1-2H3;2*(H2,1,2,3,4)/q3*+1;;/p-3. The Bertz CT molecular complexity index is 713. The third-order valence-corrected chi connectivity index (χ3v) is 8.09. The van der Waals surface area contributed by atoms with Gasteiger partial charge in [0.05, 0.1) is 80.0 Å². The molecule has 40 heavy (non-hydrogen) atoms. The predicted octanol–water partition coefficient (Wildman–Crippen LogP) is 3.75. The SMILES string of the molecule is CCCC[N+]1(C)CCCC1.CCCC[N+]1(C)CCCC1.CCCC[N+]1(C)CCCC1.O=S(=O)([O-])O.O=S(=O)([O-])[O-]. The fraction of sp³-hybridized carbons (Fsp3) is 1.00. The second kappa shape index (κ2) is 21.3. The number of rotatable bonds is 9. The molecule has 0 radical (unpaired) electrons. The summed E-state index contributed by atoms with van der Waals surface area (Å²) in [5.41, 5.74) is 0. The number of nitrogens with zero attached hydrogens (tertiary/aromatic N) is 3. The van der Waals surface area contributed by atoms with Crippen molar-refractivity contribution in [2.24, 2.45) is 0 Å². The largest absolute Gasteiger partial charge is 0.759 e. The Morgan fingerprint density at radius 1 is 0.525 bits per heavy atom. The lowest BCUT2D eigenvalue weighted by atomic mass is 10.3. The van der Waals surface area contributed by atoms with Crippen LogP contribution in [-0.2, 0) is 20.8 Å². The van der Waals surface area contributed by atoms with Crippen LogP contribution in [0.4, 0.5) is 0 Å². The van der Waals surface area contributed by atoms with E-state index in [4.69, 9.17) is 35.0 Å². The fourth-order valence-corrected chi connectivity index (χ4v) is 5.59. The highest BCUT2D eigenvalue weighted by atomic mass is 32.3. The normalized spacial score (nSPS) is 20.4. The molecule has 0 saturated carbocycles. The summed E-state index contributed by atoms with van der Waals surface area (Å²) in [6.45, 7) is 19.7. The van der Waals surface area contributed by atoms with Gasteiger partial charge in [-0.3, -0.25) is 13.0 Å². The number of likely N-dealkylation sites (tertiary alicyclic amines) is 3. The van der Waals surface area contributed by atoms with Gasteiger partial charge in [0.25, 0.3) is 0 Å². The molecule has 11 nitrogen and oxygen atoms in total. The van der Waals surface area contributed by atoms with Crippen molar-refractivity contribution in [1.29, 1.82) is 0 Å². The summed E-state index contributed by atoms with van der Waals surface area (Å²) in [6, 6.07) is 0. The summed E-state index contributed by atoms with van der Waals surface area (Å²) < 4.78 is 71.0. The lowest BCUT2D eigenvalue weighted by Crippen LogP contribution is -2.41. The van der Waals surface area contributed by atoms with Crippen LogP contribution in [0.5, 0.6) is 0 Å². The Balaban J connectivity index is 0. The smallest absolute Gasteiger partial charge is 0.215 e. The van der Waals surface area contributed by atoms with Crippen molar-refractivity contribution in [3.05, 3.63) is 0 Å². The topological polar surface area (TPSA) is 158 Å². The van der Waals surface area contributed by atoms with Gasteiger partial charge in [0.15, 0.2) is 0 Å². The van der Waals surface area contributed by atoms with E-state index in [9.17, 15) is 0 Å². The highest BCUT2D eigenvalue weighted by Crippen LogP contribution is 2.18. The quantitative estimate of drug-likeness (QED) is 0.232. The molecule has 244 valence electrons. The zero-order valence-corrected chi connectivity index (χ0v) is 27.9. The lowest BCUT2D eigenvalue weighted by molar-refractivity contribution is -0.897. The van der Waals surface area contributed by atoms with Crippen LogP contribution in [0, 0.1) is 0 Å². The molecular weight excluding hydrogens is 558 g/mol. The van der Waals surface area contributed by atoms with Crippen molar-refractivity contribution in [3.63, 3.8) is 0 Å². The third-order valence-electron chi connectivity index (χ3n) is 8.09. The van der Waals surface area contributed by atoms with Crippen molar-refractivity contribution in [3.8, 4) is 0 Å². The van der Waals surface area contributed by atoms with E-state index < -0.39 is 20.8 Å². The minimum atomic E-state index is -5.17. The average molecular weight is 620 g/mol. The molecule has 3 aliphatic rings. The minimum absolute atomic E-state index is 1.36. The van der Waals surface area contributed by atoms with Gasteiger partial charge >= 0.3 is 0 Å². The van der Waals surface area contributed by atoms with Gasteiger partial charge in [-0.2, -0.15) is 0 Å². The molecule has 0 bridgehead atoms. The second-order valence-electron chi connectivity index (χ2n) is 12.4. The van der Waals surface area contributed by atoms with Crippen LogP contribution in [0.2, 0.25) is 0 Å². The van der Waals surface area contributed by atoms with Crippen LogP contribution in [0.25, 0.3) is 0 Å². The lowest BCUT2D eigenvalue weighted by Gasteiger charge is -2.28. The van der Waals surface area contributed by atoms with Gasteiger partial charge in [0.2, 0.25) is 10.4 Å². The van der Waals surface area contributed by atoms with Crippen molar-refractivity contribution in [1.82, 2.24) is 0 Å². The van der Waals surface area contributed by atoms with E-state index in [1.807, 2.05) is 0 Å². The maximum Gasteiger partial charge on any atom is 0.215 e. The Morgan fingerprint density at radius 2 is 0.675 bits per heavy atom. The van der Waals surface area contributed by atoms with Crippen LogP contribution >= 0.6 is 0 Å². The number of unbranched alkanes of at least 4 members (excludes halogenated alkanes) is 3. The van der Waals surface area contributed by atoms with Crippen LogP contribution in [-0.4, -0.2) is 129 Å². The van der Waals surface area contributed by atoms with E-state index in [0.717, 1.165) is 0 Å². The summed E-state index contributed by atoms with van der Waals surface area (Å²) in [5.74, 6) is 0. The van der Waals surface area contributed by atoms with Gasteiger partial charge in [-0.15, -0.1) is 0 Å². The highest BCUT2D eigenvalue weighted by molar-refractivity contribution is 7.80. The number of quaternary nitrogens is 3.